The Bertz CT molecular complexity index is 380. The minimum Gasteiger partial charge on any atom is -0.506 e. The lowest BCUT2D eigenvalue weighted by molar-refractivity contribution is 0.478. The summed E-state index contributed by atoms with van der Waals surface area (Å²) in [7, 11) is 0. The van der Waals surface area contributed by atoms with E-state index in [1.807, 2.05) is 0 Å². The number of benzene rings is 1. The summed E-state index contributed by atoms with van der Waals surface area (Å²) in [5.74, 6) is 0.808. The molecule has 0 atom stereocenters. The monoisotopic (exact) mass is 228 g/mol. The fourth-order valence-corrected chi connectivity index (χ4v) is 1.24. The van der Waals surface area contributed by atoms with Crippen molar-refractivity contribution in [3.8, 4) is 5.75 Å². The van der Waals surface area contributed by atoms with Crippen LogP contribution in [0.4, 0.5) is 11.4 Å². The molecule has 0 aliphatic carbocycles. The van der Waals surface area contributed by atoms with Gasteiger partial charge < -0.3 is 21.5 Å². The van der Waals surface area contributed by atoms with E-state index < -0.39 is 0 Å². The Morgan fingerprint density at radius 2 is 2.27 bits per heavy atom. The molecule has 0 radical (unpaired) electrons. The summed E-state index contributed by atoms with van der Waals surface area (Å²) in [6.07, 6.45) is 0. The number of nitrogens with two attached hydrogens (primary N) is 1. The van der Waals surface area contributed by atoms with Crippen molar-refractivity contribution in [2.24, 2.45) is 4.99 Å². The third-order valence-electron chi connectivity index (χ3n) is 1.97. The van der Waals surface area contributed by atoms with Gasteiger partial charge in [-0.05, 0) is 12.1 Å². The molecule has 5 N–H and O–H groups in total. The summed E-state index contributed by atoms with van der Waals surface area (Å²) >= 11 is 0. The Morgan fingerprint density at radius 3 is 2.87 bits per heavy atom. The molecule has 0 amide bonds. The number of aromatic hydroxyl groups is 1. The van der Waals surface area contributed by atoms with E-state index in [1.54, 1.807) is 18.2 Å². The van der Waals surface area contributed by atoms with Gasteiger partial charge in [-0.1, -0.05) is 0 Å². The summed E-state index contributed by atoms with van der Waals surface area (Å²) in [5, 5.41) is 15.4. The Morgan fingerprint density at radius 1 is 1.47 bits per heavy atom. The van der Waals surface area contributed by atoms with Crippen molar-refractivity contribution in [1.29, 1.82) is 0 Å². The molecule has 0 spiro atoms. The minimum atomic E-state index is 0. The maximum absolute atomic E-state index is 9.35. The number of hydrogen-bond donors (Lipinski definition) is 4. The van der Waals surface area contributed by atoms with Crippen molar-refractivity contribution in [3.63, 3.8) is 0 Å². The van der Waals surface area contributed by atoms with E-state index in [9.17, 15) is 5.11 Å². The number of rotatable bonds is 1. The van der Waals surface area contributed by atoms with Crippen LogP contribution in [0.1, 0.15) is 0 Å². The van der Waals surface area contributed by atoms with Crippen molar-refractivity contribution in [2.45, 2.75) is 0 Å². The number of guanidine groups is 1. The predicted octanol–water partition coefficient (Wildman–Crippen LogP) is 0.767. The van der Waals surface area contributed by atoms with Crippen LogP contribution in [0.2, 0.25) is 0 Å². The number of nitrogens with one attached hydrogen (secondary N) is 2. The largest absolute Gasteiger partial charge is 0.506 e. The number of nitrogens with zero attached hydrogens (tertiary/aromatic N) is 1. The van der Waals surface area contributed by atoms with Crippen molar-refractivity contribution in [3.05, 3.63) is 18.2 Å². The number of phenols is 1. The van der Waals surface area contributed by atoms with Gasteiger partial charge in [-0.15, -0.1) is 12.4 Å². The highest BCUT2D eigenvalue weighted by molar-refractivity contribution is 5.95. The average Bonchev–Trinajstić information content (AvgIpc) is 2.64. The second-order valence-electron chi connectivity index (χ2n) is 3.06. The van der Waals surface area contributed by atoms with Gasteiger partial charge in [0.15, 0.2) is 5.96 Å². The molecular formula is C9H13ClN4O. The predicted molar refractivity (Wildman–Crippen MR) is 63.7 cm³/mol. The van der Waals surface area contributed by atoms with Gasteiger partial charge in [-0.3, -0.25) is 4.99 Å². The summed E-state index contributed by atoms with van der Waals surface area (Å²) in [5.41, 5.74) is 6.61. The normalized spacial score (nSPS) is 13.7. The first-order chi connectivity index (χ1) is 6.75. The fourth-order valence-electron chi connectivity index (χ4n) is 1.24. The van der Waals surface area contributed by atoms with E-state index in [-0.39, 0.29) is 18.2 Å². The van der Waals surface area contributed by atoms with E-state index in [0.29, 0.717) is 5.69 Å². The number of nitrogen functional groups attached to an aromatic ring is 1. The third-order valence-corrected chi connectivity index (χ3v) is 1.97. The van der Waals surface area contributed by atoms with Gasteiger partial charge in [0.25, 0.3) is 0 Å². The van der Waals surface area contributed by atoms with Crippen molar-refractivity contribution in [2.75, 3.05) is 24.1 Å². The first kappa shape index (κ1) is 11.5. The maximum atomic E-state index is 9.35. The molecule has 1 aliphatic rings. The second-order valence-corrected chi connectivity index (χ2v) is 3.06. The molecular weight excluding hydrogens is 216 g/mol. The molecule has 0 saturated carbocycles. The van der Waals surface area contributed by atoms with Gasteiger partial charge in [-0.2, -0.15) is 0 Å². The van der Waals surface area contributed by atoms with Gasteiger partial charge in [-0.25, -0.2) is 0 Å². The number of anilines is 2. The lowest BCUT2D eigenvalue weighted by atomic mass is 10.2. The topological polar surface area (TPSA) is 82.7 Å². The molecule has 5 nitrogen and oxygen atoms in total. The van der Waals surface area contributed by atoms with Crippen LogP contribution in [0.5, 0.6) is 5.75 Å². The summed E-state index contributed by atoms with van der Waals surface area (Å²) in [4.78, 5) is 4.16. The van der Waals surface area contributed by atoms with Gasteiger partial charge in [0, 0.05) is 18.3 Å². The summed E-state index contributed by atoms with van der Waals surface area (Å²) in [6, 6.07) is 5.00. The molecule has 1 aromatic carbocycles. The molecule has 6 heteroatoms. The van der Waals surface area contributed by atoms with Crippen LogP contribution in [-0.2, 0) is 0 Å². The molecule has 0 unspecified atom stereocenters. The van der Waals surface area contributed by atoms with E-state index in [2.05, 4.69) is 15.6 Å². The maximum Gasteiger partial charge on any atom is 0.195 e. The van der Waals surface area contributed by atoms with Crippen LogP contribution in [-0.4, -0.2) is 24.2 Å². The first-order valence-electron chi connectivity index (χ1n) is 4.39. The minimum absolute atomic E-state index is 0. The molecule has 1 aliphatic heterocycles. The quantitative estimate of drug-likeness (QED) is 0.423. The zero-order valence-corrected chi connectivity index (χ0v) is 8.84. The number of hydrogen-bond acceptors (Lipinski definition) is 5. The number of aliphatic imine (C=N–C) groups is 1. The molecule has 1 aromatic rings. The van der Waals surface area contributed by atoms with Crippen molar-refractivity contribution in [1.82, 2.24) is 5.32 Å². The number of halogens is 1. The molecule has 1 heterocycles. The Kier molecular flexibility index (Phi) is 3.62. The highest BCUT2D eigenvalue weighted by atomic mass is 35.5. The van der Waals surface area contributed by atoms with Crippen molar-refractivity contribution < 1.29 is 5.11 Å². The van der Waals surface area contributed by atoms with Crippen LogP contribution >= 0.6 is 12.4 Å². The van der Waals surface area contributed by atoms with E-state index in [0.717, 1.165) is 24.7 Å². The molecule has 0 aromatic heterocycles. The first-order valence-corrected chi connectivity index (χ1v) is 4.39. The smallest absolute Gasteiger partial charge is 0.195 e. The van der Waals surface area contributed by atoms with E-state index >= 15 is 0 Å². The molecule has 0 bridgehead atoms. The standard InChI is InChI=1S/C9H12N4O.ClH/c10-7-2-1-6(5-8(7)14)13-9-11-3-4-12-9;/h1-2,5,14H,3-4,10H2,(H2,11,12,13);1H. The highest BCUT2D eigenvalue weighted by Gasteiger charge is 2.05. The van der Waals surface area contributed by atoms with Crippen molar-refractivity contribution >= 4 is 29.7 Å². The van der Waals surface area contributed by atoms with E-state index in [1.165, 1.54) is 0 Å². The van der Waals surface area contributed by atoms with Gasteiger partial charge in [0.05, 0.1) is 12.2 Å². The highest BCUT2D eigenvalue weighted by Crippen LogP contribution is 2.23. The molecule has 15 heavy (non-hydrogen) atoms. The lowest BCUT2D eigenvalue weighted by Gasteiger charge is -2.07. The Labute approximate surface area is 93.8 Å². The summed E-state index contributed by atoms with van der Waals surface area (Å²) in [6.45, 7) is 1.63. The SMILES string of the molecule is Cl.Nc1ccc(NC2=NCCN2)cc1O. The van der Waals surface area contributed by atoms with Gasteiger partial charge in [0.2, 0.25) is 0 Å². The fraction of sp³-hybridized carbons (Fsp3) is 0.222. The van der Waals surface area contributed by atoms with Crippen LogP contribution in [0.25, 0.3) is 0 Å². The molecule has 2 rings (SSSR count). The zero-order chi connectivity index (χ0) is 9.97. The average molecular weight is 229 g/mol. The molecule has 0 saturated heterocycles. The van der Waals surface area contributed by atoms with Gasteiger partial charge >= 0.3 is 0 Å². The van der Waals surface area contributed by atoms with Crippen LogP contribution in [0.15, 0.2) is 23.2 Å². The second kappa shape index (κ2) is 4.75. The number of phenolic OH excluding ortho intramolecular Hbond substituents is 1. The summed E-state index contributed by atoms with van der Waals surface area (Å²) < 4.78 is 0. The lowest BCUT2D eigenvalue weighted by Crippen LogP contribution is -2.26. The molecule has 82 valence electrons. The Hall–Kier alpha value is -1.62. The van der Waals surface area contributed by atoms with Gasteiger partial charge in [0.1, 0.15) is 5.75 Å². The molecule has 0 fully saturated rings. The van der Waals surface area contributed by atoms with Crippen LogP contribution in [0, 0.1) is 0 Å². The van der Waals surface area contributed by atoms with Crippen LogP contribution in [0.3, 0.4) is 0 Å². The zero-order valence-electron chi connectivity index (χ0n) is 8.03. The van der Waals surface area contributed by atoms with Crippen LogP contribution < -0.4 is 16.4 Å². The third kappa shape index (κ3) is 2.66. The Balaban J connectivity index is 0.00000112. The van der Waals surface area contributed by atoms with E-state index in [4.69, 9.17) is 5.73 Å².